The Bertz CT molecular complexity index is 641. The highest BCUT2D eigenvalue weighted by Crippen LogP contribution is 2.21. The second kappa shape index (κ2) is 5.48. The zero-order valence-corrected chi connectivity index (χ0v) is 10.9. The van der Waals surface area contributed by atoms with Gasteiger partial charge in [0.1, 0.15) is 5.69 Å². The first-order valence-corrected chi connectivity index (χ1v) is 6.06. The quantitative estimate of drug-likeness (QED) is 0.881. The third-order valence-corrected chi connectivity index (χ3v) is 2.88. The molecule has 1 heterocycles. The lowest BCUT2D eigenvalue weighted by Gasteiger charge is -2.12. The molecule has 2 rings (SSSR count). The average molecular weight is 257 g/mol. The number of rotatable bonds is 3. The molecule has 5 heteroatoms. The Balaban J connectivity index is 2.28. The number of amides is 1. The Kier molecular flexibility index (Phi) is 3.75. The number of aromatic amines is 1. The number of H-pyrrole nitrogens is 1. The number of nitrogens with one attached hydrogen (secondary N) is 2. The van der Waals surface area contributed by atoms with Crippen LogP contribution < -0.4 is 10.9 Å². The fraction of sp³-hybridized carbons (Fsp3) is 0.214. The number of carbonyl (C=O) groups is 1. The Labute approximate surface area is 110 Å². The number of nitrogens with zero attached hydrogens (tertiary/aromatic N) is 1. The minimum absolute atomic E-state index is 0.185. The largest absolute Gasteiger partial charge is 0.325 e. The van der Waals surface area contributed by atoms with Gasteiger partial charge in [-0.25, -0.2) is 4.98 Å². The van der Waals surface area contributed by atoms with Crippen molar-refractivity contribution in [3.8, 4) is 0 Å². The smallest absolute Gasteiger partial charge is 0.275 e. The van der Waals surface area contributed by atoms with Crippen molar-refractivity contribution in [3.05, 3.63) is 57.8 Å². The summed E-state index contributed by atoms with van der Waals surface area (Å²) in [7, 11) is 0. The maximum absolute atomic E-state index is 12.1. The van der Waals surface area contributed by atoms with E-state index in [2.05, 4.69) is 15.3 Å². The Morgan fingerprint density at radius 1 is 1.42 bits per heavy atom. The van der Waals surface area contributed by atoms with E-state index in [-0.39, 0.29) is 17.2 Å². The highest BCUT2D eigenvalue weighted by Gasteiger charge is 2.11. The van der Waals surface area contributed by atoms with Crippen molar-refractivity contribution >= 4 is 11.6 Å². The number of hydrogen-bond donors (Lipinski definition) is 2. The molecule has 1 aromatic heterocycles. The van der Waals surface area contributed by atoms with Crippen molar-refractivity contribution in [1.29, 1.82) is 0 Å². The highest BCUT2D eigenvalue weighted by atomic mass is 16.2. The summed E-state index contributed by atoms with van der Waals surface area (Å²) in [6, 6.07) is 5.88. The lowest BCUT2D eigenvalue weighted by atomic mass is 10.1. The second-order valence-corrected chi connectivity index (χ2v) is 4.21. The van der Waals surface area contributed by atoms with Crippen molar-refractivity contribution in [2.24, 2.45) is 0 Å². The Hall–Kier alpha value is -2.43. The van der Waals surface area contributed by atoms with Gasteiger partial charge in [0.25, 0.3) is 11.5 Å². The first kappa shape index (κ1) is 13.0. The molecule has 0 aliphatic carbocycles. The van der Waals surface area contributed by atoms with Crippen LogP contribution in [0.5, 0.6) is 0 Å². The van der Waals surface area contributed by atoms with Gasteiger partial charge in [-0.15, -0.1) is 0 Å². The third-order valence-electron chi connectivity index (χ3n) is 2.88. The summed E-state index contributed by atoms with van der Waals surface area (Å²) in [5, 5.41) is 2.84. The molecule has 0 radical (unpaired) electrons. The fourth-order valence-electron chi connectivity index (χ4n) is 1.85. The molecule has 2 aromatic rings. The molecule has 1 amide bonds. The summed E-state index contributed by atoms with van der Waals surface area (Å²) in [6.07, 6.45) is 3.23. The van der Waals surface area contributed by atoms with Crippen LogP contribution in [0, 0.1) is 6.92 Å². The zero-order chi connectivity index (χ0) is 13.8. The summed E-state index contributed by atoms with van der Waals surface area (Å²) in [5.41, 5.74) is 2.73. The number of hydrogen-bond acceptors (Lipinski definition) is 3. The lowest BCUT2D eigenvalue weighted by molar-refractivity contribution is 0.102. The SMILES string of the molecule is CCc1cccc(C)c1NC(=O)c1c[nH]c(=O)cn1. The molecule has 0 saturated heterocycles. The van der Waals surface area contributed by atoms with Gasteiger partial charge >= 0.3 is 0 Å². The fourth-order valence-corrected chi connectivity index (χ4v) is 1.85. The molecule has 0 atom stereocenters. The first-order chi connectivity index (χ1) is 9.11. The molecule has 0 spiro atoms. The van der Waals surface area contributed by atoms with E-state index in [0.717, 1.165) is 29.4 Å². The van der Waals surface area contributed by atoms with E-state index in [1.165, 1.54) is 6.20 Å². The normalized spacial score (nSPS) is 10.2. The minimum Gasteiger partial charge on any atom is -0.325 e. The number of carbonyl (C=O) groups excluding carboxylic acids is 1. The van der Waals surface area contributed by atoms with Gasteiger partial charge in [0, 0.05) is 11.9 Å². The molecule has 0 aliphatic heterocycles. The predicted molar refractivity (Wildman–Crippen MR) is 73.4 cm³/mol. The van der Waals surface area contributed by atoms with E-state index < -0.39 is 0 Å². The van der Waals surface area contributed by atoms with Crippen molar-refractivity contribution in [3.63, 3.8) is 0 Å². The maximum atomic E-state index is 12.1. The number of anilines is 1. The Morgan fingerprint density at radius 2 is 2.21 bits per heavy atom. The molecule has 0 saturated carbocycles. The van der Waals surface area contributed by atoms with Gasteiger partial charge in [-0.3, -0.25) is 9.59 Å². The van der Waals surface area contributed by atoms with Gasteiger partial charge in [-0.2, -0.15) is 0 Å². The van der Waals surface area contributed by atoms with E-state index in [0.29, 0.717) is 0 Å². The summed E-state index contributed by atoms with van der Waals surface area (Å²) >= 11 is 0. The molecule has 0 bridgehead atoms. The average Bonchev–Trinajstić information content (AvgIpc) is 2.41. The molecule has 0 unspecified atom stereocenters. The highest BCUT2D eigenvalue weighted by molar-refractivity contribution is 6.03. The van der Waals surface area contributed by atoms with E-state index >= 15 is 0 Å². The van der Waals surface area contributed by atoms with Crippen LogP contribution >= 0.6 is 0 Å². The van der Waals surface area contributed by atoms with Crippen LogP contribution in [0.2, 0.25) is 0 Å². The van der Waals surface area contributed by atoms with Crippen LogP contribution in [-0.2, 0) is 6.42 Å². The number of aromatic nitrogens is 2. The van der Waals surface area contributed by atoms with Crippen LogP contribution in [0.3, 0.4) is 0 Å². The predicted octanol–water partition coefficient (Wildman–Crippen LogP) is 1.89. The first-order valence-electron chi connectivity index (χ1n) is 6.06. The van der Waals surface area contributed by atoms with Gasteiger partial charge in [0.05, 0.1) is 6.20 Å². The zero-order valence-electron chi connectivity index (χ0n) is 10.9. The number of benzene rings is 1. The van der Waals surface area contributed by atoms with Gasteiger partial charge in [-0.05, 0) is 24.5 Å². The molecule has 19 heavy (non-hydrogen) atoms. The third kappa shape index (κ3) is 2.88. The standard InChI is InChI=1S/C14H15N3O2/c1-3-10-6-4-5-9(2)13(10)17-14(19)11-7-16-12(18)8-15-11/h4-8H,3H2,1-2H3,(H,16,18)(H,17,19). The van der Waals surface area contributed by atoms with Crippen LogP contribution in [0.4, 0.5) is 5.69 Å². The van der Waals surface area contributed by atoms with E-state index in [1.807, 2.05) is 32.0 Å². The van der Waals surface area contributed by atoms with Crippen LogP contribution in [0.15, 0.2) is 35.4 Å². The molecule has 0 fully saturated rings. The van der Waals surface area contributed by atoms with Crippen molar-refractivity contribution in [2.45, 2.75) is 20.3 Å². The van der Waals surface area contributed by atoms with Gasteiger partial charge < -0.3 is 10.3 Å². The van der Waals surface area contributed by atoms with Gasteiger partial charge in [0.15, 0.2) is 0 Å². The number of aryl methyl sites for hydroxylation is 2. The molecule has 0 aliphatic rings. The molecule has 2 N–H and O–H groups in total. The van der Waals surface area contributed by atoms with Crippen LogP contribution in [-0.4, -0.2) is 15.9 Å². The lowest BCUT2D eigenvalue weighted by Crippen LogP contribution is -2.18. The number of para-hydroxylation sites is 1. The topological polar surface area (TPSA) is 74.8 Å². The van der Waals surface area contributed by atoms with Gasteiger partial charge in [0.2, 0.25) is 0 Å². The summed E-state index contributed by atoms with van der Waals surface area (Å²) in [5.74, 6) is -0.333. The van der Waals surface area contributed by atoms with Crippen LogP contribution in [0.25, 0.3) is 0 Å². The van der Waals surface area contributed by atoms with E-state index in [4.69, 9.17) is 0 Å². The van der Waals surface area contributed by atoms with Crippen molar-refractivity contribution in [2.75, 3.05) is 5.32 Å². The van der Waals surface area contributed by atoms with Crippen molar-refractivity contribution < 1.29 is 4.79 Å². The second-order valence-electron chi connectivity index (χ2n) is 4.21. The summed E-state index contributed by atoms with van der Waals surface area (Å²) in [4.78, 5) is 29.2. The Morgan fingerprint density at radius 3 is 2.84 bits per heavy atom. The summed E-state index contributed by atoms with van der Waals surface area (Å²) in [6.45, 7) is 3.97. The monoisotopic (exact) mass is 257 g/mol. The molecule has 5 nitrogen and oxygen atoms in total. The van der Waals surface area contributed by atoms with E-state index in [9.17, 15) is 9.59 Å². The molecular formula is C14H15N3O2. The molecule has 1 aromatic carbocycles. The van der Waals surface area contributed by atoms with Crippen LogP contribution in [0.1, 0.15) is 28.5 Å². The minimum atomic E-state index is -0.333. The maximum Gasteiger partial charge on any atom is 0.275 e. The van der Waals surface area contributed by atoms with E-state index in [1.54, 1.807) is 0 Å². The van der Waals surface area contributed by atoms with Crippen molar-refractivity contribution in [1.82, 2.24) is 9.97 Å². The van der Waals surface area contributed by atoms with Gasteiger partial charge in [-0.1, -0.05) is 25.1 Å². The molecular weight excluding hydrogens is 242 g/mol. The molecule has 98 valence electrons. The summed E-state index contributed by atoms with van der Waals surface area (Å²) < 4.78 is 0.